The first-order valence-corrected chi connectivity index (χ1v) is 9.87. The van der Waals surface area contributed by atoms with Gasteiger partial charge in [-0.25, -0.2) is 9.36 Å². The van der Waals surface area contributed by atoms with E-state index < -0.39 is 29.6 Å². The van der Waals surface area contributed by atoms with Crippen molar-refractivity contribution in [1.29, 1.82) is 0 Å². The molecular weight excluding hydrogens is 412 g/mol. The third-order valence-electron chi connectivity index (χ3n) is 4.09. The Balaban J connectivity index is 1.43. The van der Waals surface area contributed by atoms with Gasteiger partial charge >= 0.3 is 5.69 Å². The Labute approximate surface area is 174 Å². The van der Waals surface area contributed by atoms with Crippen molar-refractivity contribution in [3.63, 3.8) is 0 Å². The van der Waals surface area contributed by atoms with Gasteiger partial charge < -0.3 is 25.1 Å². The summed E-state index contributed by atoms with van der Waals surface area (Å²) in [7, 11) is 1.53. The van der Waals surface area contributed by atoms with E-state index >= 15 is 0 Å². The number of nitrogens with zero attached hydrogens (tertiary/aromatic N) is 1. The van der Waals surface area contributed by atoms with Gasteiger partial charge in [0, 0.05) is 0 Å². The molecule has 0 saturated carbocycles. The number of ether oxygens (including phenoxy) is 2. The minimum absolute atomic E-state index is 0.214. The van der Waals surface area contributed by atoms with E-state index in [2.05, 4.69) is 15.6 Å². The molecule has 2 heterocycles. The highest BCUT2D eigenvalue weighted by Gasteiger charge is 2.13. The van der Waals surface area contributed by atoms with Crippen LogP contribution in [-0.4, -0.2) is 48.2 Å². The van der Waals surface area contributed by atoms with Crippen molar-refractivity contribution >= 4 is 33.4 Å². The summed E-state index contributed by atoms with van der Waals surface area (Å²) in [5.74, 6) is 0.0869. The molecule has 3 N–H and O–H groups in total. The number of benzene rings is 1. The summed E-state index contributed by atoms with van der Waals surface area (Å²) in [6, 6.07) is 8.75. The smallest absolute Gasteiger partial charge is 0.329 e. The number of nitrogens with one attached hydrogen (secondary N) is 3. The molecule has 0 bridgehead atoms. The Morgan fingerprint density at radius 3 is 2.63 bits per heavy atom. The number of hydrogen-bond donors (Lipinski definition) is 3. The molecule has 0 spiro atoms. The van der Waals surface area contributed by atoms with Crippen LogP contribution in [0.4, 0.5) is 0 Å². The number of carbonyl (C=O) groups excluding carboxylic acids is 2. The fourth-order valence-electron chi connectivity index (χ4n) is 2.64. The van der Waals surface area contributed by atoms with E-state index in [1.54, 1.807) is 29.6 Å². The number of aromatic amines is 1. The zero-order chi connectivity index (χ0) is 21.5. The zero-order valence-electron chi connectivity index (χ0n) is 16.1. The Hall–Kier alpha value is -3.60. The lowest BCUT2D eigenvalue weighted by Gasteiger charge is -2.11. The highest BCUT2D eigenvalue weighted by atomic mass is 32.1. The van der Waals surface area contributed by atoms with Gasteiger partial charge in [0.05, 0.1) is 25.7 Å². The second-order valence-corrected chi connectivity index (χ2v) is 7.03. The van der Waals surface area contributed by atoms with E-state index in [1.165, 1.54) is 18.4 Å². The average Bonchev–Trinajstić information content (AvgIpc) is 3.21. The summed E-state index contributed by atoms with van der Waals surface area (Å²) < 4.78 is 11.9. The molecule has 158 valence electrons. The van der Waals surface area contributed by atoms with E-state index in [4.69, 9.17) is 9.47 Å². The summed E-state index contributed by atoms with van der Waals surface area (Å²) in [6.07, 6.45) is 0. The van der Waals surface area contributed by atoms with Crippen molar-refractivity contribution in [3.05, 3.63) is 56.5 Å². The van der Waals surface area contributed by atoms with Crippen LogP contribution in [0.15, 0.2) is 45.3 Å². The fraction of sp³-hybridized carbons (Fsp3) is 0.263. The molecule has 30 heavy (non-hydrogen) atoms. The van der Waals surface area contributed by atoms with Gasteiger partial charge in [0.15, 0.2) is 11.5 Å². The van der Waals surface area contributed by atoms with Gasteiger partial charge in [-0.3, -0.25) is 14.4 Å². The van der Waals surface area contributed by atoms with E-state index in [0.717, 1.165) is 4.57 Å². The van der Waals surface area contributed by atoms with E-state index in [1.807, 2.05) is 6.07 Å². The first-order chi connectivity index (χ1) is 14.5. The average molecular weight is 432 g/mol. The predicted molar refractivity (Wildman–Crippen MR) is 111 cm³/mol. The van der Waals surface area contributed by atoms with Crippen LogP contribution >= 0.6 is 11.3 Å². The SMILES string of the molecule is COc1ccccc1OCCNC(=O)CNC(=O)Cn1c(=O)[nH]c2ccsc2c1=O. The summed E-state index contributed by atoms with van der Waals surface area (Å²) >= 11 is 1.17. The van der Waals surface area contributed by atoms with E-state index in [9.17, 15) is 19.2 Å². The molecule has 0 radical (unpaired) electrons. The van der Waals surface area contributed by atoms with Crippen molar-refractivity contribution < 1.29 is 19.1 Å². The standard InChI is InChI=1S/C19H20N4O6S/c1-28-13-4-2-3-5-14(13)29-8-7-20-15(24)10-21-16(25)11-23-18(26)17-12(6-9-30-17)22-19(23)27/h2-6,9H,7-8,10-11H2,1H3,(H,20,24)(H,21,25)(H,22,27). The quantitative estimate of drug-likeness (QED) is 0.410. The second kappa shape index (κ2) is 9.74. The van der Waals surface area contributed by atoms with Gasteiger partial charge in [0.2, 0.25) is 11.8 Å². The Morgan fingerprint density at radius 2 is 1.87 bits per heavy atom. The monoisotopic (exact) mass is 432 g/mol. The van der Waals surface area contributed by atoms with Crippen LogP contribution in [0.25, 0.3) is 10.2 Å². The summed E-state index contributed by atoms with van der Waals surface area (Å²) in [6.45, 7) is -0.333. The van der Waals surface area contributed by atoms with Gasteiger partial charge in [0.25, 0.3) is 5.56 Å². The number of fused-ring (bicyclic) bond motifs is 1. The number of carbonyl (C=O) groups is 2. The molecule has 10 nitrogen and oxygen atoms in total. The highest BCUT2D eigenvalue weighted by molar-refractivity contribution is 7.17. The molecule has 1 aromatic carbocycles. The molecule has 3 aromatic rings. The van der Waals surface area contributed by atoms with Crippen molar-refractivity contribution in [1.82, 2.24) is 20.2 Å². The molecule has 2 amide bonds. The number of thiophene rings is 1. The maximum Gasteiger partial charge on any atom is 0.329 e. The molecule has 0 aliphatic heterocycles. The van der Waals surface area contributed by atoms with Crippen molar-refractivity contribution in [2.24, 2.45) is 0 Å². The van der Waals surface area contributed by atoms with Crippen LogP contribution in [0.3, 0.4) is 0 Å². The maximum absolute atomic E-state index is 12.3. The number of H-pyrrole nitrogens is 1. The van der Waals surface area contributed by atoms with Crippen LogP contribution in [-0.2, 0) is 16.1 Å². The third kappa shape index (κ3) is 5.06. The van der Waals surface area contributed by atoms with Gasteiger partial charge in [-0.15, -0.1) is 11.3 Å². The second-order valence-electron chi connectivity index (χ2n) is 6.11. The van der Waals surface area contributed by atoms with Crippen LogP contribution in [0.5, 0.6) is 11.5 Å². The molecule has 3 rings (SSSR count). The van der Waals surface area contributed by atoms with Gasteiger partial charge in [-0.2, -0.15) is 0 Å². The number of hydrogen-bond acceptors (Lipinski definition) is 7. The molecule has 0 fully saturated rings. The van der Waals surface area contributed by atoms with Crippen LogP contribution < -0.4 is 31.4 Å². The lowest BCUT2D eigenvalue weighted by atomic mass is 10.3. The number of para-hydroxylation sites is 2. The largest absolute Gasteiger partial charge is 0.493 e. The van der Waals surface area contributed by atoms with Gasteiger partial charge in [-0.1, -0.05) is 12.1 Å². The molecule has 0 atom stereocenters. The molecule has 0 aliphatic rings. The molecular formula is C19H20N4O6S. The molecule has 0 aliphatic carbocycles. The number of aromatic nitrogens is 2. The Bertz CT molecular complexity index is 1170. The van der Waals surface area contributed by atoms with E-state index in [-0.39, 0.29) is 19.7 Å². The topological polar surface area (TPSA) is 132 Å². The normalized spacial score (nSPS) is 10.6. The number of rotatable bonds is 9. The minimum Gasteiger partial charge on any atom is -0.493 e. The third-order valence-corrected chi connectivity index (χ3v) is 4.99. The first kappa shape index (κ1) is 21.1. The minimum atomic E-state index is -0.681. The fourth-order valence-corrected chi connectivity index (χ4v) is 3.44. The predicted octanol–water partition coefficient (Wildman–Crippen LogP) is 0.0713. The zero-order valence-corrected chi connectivity index (χ0v) is 16.9. The first-order valence-electron chi connectivity index (χ1n) is 8.99. The van der Waals surface area contributed by atoms with Crippen molar-refractivity contribution in [3.8, 4) is 11.5 Å². The summed E-state index contributed by atoms with van der Waals surface area (Å²) in [5, 5.41) is 6.66. The van der Waals surface area contributed by atoms with Gasteiger partial charge in [0.1, 0.15) is 17.9 Å². The highest BCUT2D eigenvalue weighted by Crippen LogP contribution is 2.25. The molecule has 0 saturated heterocycles. The lowest BCUT2D eigenvalue weighted by Crippen LogP contribution is -2.43. The summed E-state index contributed by atoms with van der Waals surface area (Å²) in [4.78, 5) is 50.7. The van der Waals surface area contributed by atoms with E-state index in [0.29, 0.717) is 21.7 Å². The van der Waals surface area contributed by atoms with Crippen molar-refractivity contribution in [2.75, 3.05) is 26.8 Å². The lowest BCUT2D eigenvalue weighted by molar-refractivity contribution is -0.126. The summed E-state index contributed by atoms with van der Waals surface area (Å²) in [5.41, 5.74) is -0.794. The molecule has 0 unspecified atom stereocenters. The Morgan fingerprint density at radius 1 is 1.10 bits per heavy atom. The van der Waals surface area contributed by atoms with Crippen LogP contribution in [0.1, 0.15) is 0 Å². The molecule has 2 aromatic heterocycles. The van der Waals surface area contributed by atoms with Crippen molar-refractivity contribution in [2.45, 2.75) is 6.54 Å². The van der Waals surface area contributed by atoms with Gasteiger partial charge in [-0.05, 0) is 23.6 Å². The van der Waals surface area contributed by atoms with Crippen LogP contribution in [0.2, 0.25) is 0 Å². The molecule has 11 heteroatoms. The maximum atomic E-state index is 12.3. The number of amides is 2. The Kier molecular flexibility index (Phi) is 6.86. The number of methoxy groups -OCH3 is 1. The van der Waals surface area contributed by atoms with Crippen LogP contribution in [0, 0.1) is 0 Å².